The lowest BCUT2D eigenvalue weighted by atomic mass is 9.74. The molecule has 0 saturated carbocycles. The standard InChI is InChI=1S/C15H26N2S/c1-15(2)10-13(16)12-6-8-17(14(12)11-15)7-4-5-9-18-3/h6,8,13H,4-5,7,9-11,16H2,1-3H3. The van der Waals surface area contributed by atoms with Crippen molar-refractivity contribution < 1.29 is 0 Å². The van der Waals surface area contributed by atoms with E-state index in [2.05, 4.69) is 36.9 Å². The molecule has 2 nitrogen and oxygen atoms in total. The minimum Gasteiger partial charge on any atom is -0.351 e. The Kier molecular flexibility index (Phi) is 4.44. The second kappa shape index (κ2) is 5.70. The van der Waals surface area contributed by atoms with Crippen LogP contribution in [0.25, 0.3) is 0 Å². The first-order valence-corrected chi connectivity index (χ1v) is 8.35. The largest absolute Gasteiger partial charge is 0.351 e. The Morgan fingerprint density at radius 1 is 1.44 bits per heavy atom. The summed E-state index contributed by atoms with van der Waals surface area (Å²) in [4.78, 5) is 0. The summed E-state index contributed by atoms with van der Waals surface area (Å²) in [6, 6.07) is 2.47. The first-order valence-electron chi connectivity index (χ1n) is 6.96. The van der Waals surface area contributed by atoms with Crippen molar-refractivity contribution in [2.75, 3.05) is 12.0 Å². The van der Waals surface area contributed by atoms with Gasteiger partial charge in [0.25, 0.3) is 0 Å². The van der Waals surface area contributed by atoms with Gasteiger partial charge < -0.3 is 10.3 Å². The molecule has 0 amide bonds. The molecule has 2 rings (SSSR count). The molecule has 2 N–H and O–H groups in total. The number of nitrogens with zero attached hydrogens (tertiary/aromatic N) is 1. The smallest absolute Gasteiger partial charge is 0.0318 e. The van der Waals surface area contributed by atoms with Gasteiger partial charge in [0.1, 0.15) is 0 Å². The van der Waals surface area contributed by atoms with Gasteiger partial charge in [0.2, 0.25) is 0 Å². The molecule has 0 aromatic carbocycles. The molecule has 0 aliphatic heterocycles. The van der Waals surface area contributed by atoms with E-state index in [4.69, 9.17) is 5.73 Å². The Hall–Kier alpha value is -0.410. The Morgan fingerprint density at radius 2 is 2.22 bits per heavy atom. The maximum atomic E-state index is 6.29. The molecule has 0 radical (unpaired) electrons. The lowest BCUT2D eigenvalue weighted by Gasteiger charge is -2.34. The van der Waals surface area contributed by atoms with Gasteiger partial charge in [-0.1, -0.05) is 13.8 Å². The fourth-order valence-electron chi connectivity index (χ4n) is 3.03. The highest BCUT2D eigenvalue weighted by atomic mass is 32.2. The summed E-state index contributed by atoms with van der Waals surface area (Å²) in [7, 11) is 0. The van der Waals surface area contributed by atoms with Gasteiger partial charge in [-0.15, -0.1) is 0 Å². The van der Waals surface area contributed by atoms with Crippen LogP contribution in [0.15, 0.2) is 12.3 Å². The highest BCUT2D eigenvalue weighted by Crippen LogP contribution is 2.40. The SMILES string of the molecule is CSCCCCn1ccc2c1CC(C)(C)CC2N. The van der Waals surface area contributed by atoms with E-state index in [1.54, 1.807) is 0 Å². The van der Waals surface area contributed by atoms with Crippen LogP contribution >= 0.6 is 11.8 Å². The van der Waals surface area contributed by atoms with E-state index >= 15 is 0 Å². The fraction of sp³-hybridized carbons (Fsp3) is 0.733. The number of unbranched alkanes of at least 4 members (excludes halogenated alkanes) is 1. The number of rotatable bonds is 5. The molecule has 0 fully saturated rings. The van der Waals surface area contributed by atoms with Crippen molar-refractivity contribution in [1.82, 2.24) is 4.57 Å². The van der Waals surface area contributed by atoms with Gasteiger partial charge in [-0.3, -0.25) is 0 Å². The highest BCUT2D eigenvalue weighted by molar-refractivity contribution is 7.98. The summed E-state index contributed by atoms with van der Waals surface area (Å²) < 4.78 is 2.44. The van der Waals surface area contributed by atoms with Crippen molar-refractivity contribution in [3.8, 4) is 0 Å². The minimum atomic E-state index is 0.233. The van der Waals surface area contributed by atoms with Gasteiger partial charge in [-0.2, -0.15) is 11.8 Å². The van der Waals surface area contributed by atoms with Crippen molar-refractivity contribution in [3.05, 3.63) is 23.5 Å². The van der Waals surface area contributed by atoms with Crippen molar-refractivity contribution in [2.45, 2.75) is 52.1 Å². The summed E-state index contributed by atoms with van der Waals surface area (Å²) >= 11 is 1.94. The molecular weight excluding hydrogens is 240 g/mol. The van der Waals surface area contributed by atoms with Gasteiger partial charge in [0.15, 0.2) is 0 Å². The van der Waals surface area contributed by atoms with Crippen molar-refractivity contribution in [2.24, 2.45) is 11.1 Å². The minimum absolute atomic E-state index is 0.233. The van der Waals surface area contributed by atoms with E-state index in [1.807, 2.05) is 11.8 Å². The van der Waals surface area contributed by atoms with Crippen LogP contribution in [-0.2, 0) is 13.0 Å². The van der Waals surface area contributed by atoms with Crippen molar-refractivity contribution in [1.29, 1.82) is 0 Å². The van der Waals surface area contributed by atoms with Gasteiger partial charge in [-0.25, -0.2) is 0 Å². The molecule has 1 unspecified atom stereocenters. The fourth-order valence-corrected chi connectivity index (χ4v) is 3.53. The van der Waals surface area contributed by atoms with Crippen LogP contribution in [0.4, 0.5) is 0 Å². The van der Waals surface area contributed by atoms with Crippen LogP contribution in [-0.4, -0.2) is 16.6 Å². The van der Waals surface area contributed by atoms with E-state index in [1.165, 1.54) is 36.3 Å². The average molecular weight is 266 g/mol. The molecule has 102 valence electrons. The van der Waals surface area contributed by atoms with Gasteiger partial charge in [0.05, 0.1) is 0 Å². The normalized spacial score (nSPS) is 21.9. The van der Waals surface area contributed by atoms with E-state index in [-0.39, 0.29) is 6.04 Å². The second-order valence-corrected chi connectivity index (χ2v) is 7.25. The van der Waals surface area contributed by atoms with Crippen molar-refractivity contribution in [3.63, 3.8) is 0 Å². The van der Waals surface area contributed by atoms with E-state index in [0.717, 1.165) is 13.0 Å². The number of aryl methyl sites for hydroxylation is 1. The zero-order chi connectivity index (χ0) is 13.2. The zero-order valence-electron chi connectivity index (χ0n) is 11.9. The molecule has 1 heterocycles. The third kappa shape index (κ3) is 3.12. The monoisotopic (exact) mass is 266 g/mol. The number of thioether (sulfide) groups is 1. The van der Waals surface area contributed by atoms with E-state index < -0.39 is 0 Å². The Morgan fingerprint density at radius 3 is 2.94 bits per heavy atom. The number of fused-ring (bicyclic) bond motifs is 1. The maximum Gasteiger partial charge on any atom is 0.0318 e. The quantitative estimate of drug-likeness (QED) is 0.826. The number of aromatic nitrogens is 1. The predicted molar refractivity (Wildman–Crippen MR) is 81.1 cm³/mol. The Bertz CT molecular complexity index is 395. The van der Waals surface area contributed by atoms with Gasteiger partial charge in [0, 0.05) is 24.5 Å². The number of hydrogen-bond donors (Lipinski definition) is 1. The van der Waals surface area contributed by atoms with Gasteiger partial charge >= 0.3 is 0 Å². The molecule has 1 aromatic rings. The Labute approximate surface area is 115 Å². The first kappa shape index (κ1) is 14.0. The molecule has 1 aliphatic carbocycles. The molecule has 3 heteroatoms. The molecule has 1 aromatic heterocycles. The number of nitrogens with two attached hydrogens (primary N) is 1. The molecule has 0 saturated heterocycles. The summed E-state index contributed by atoms with van der Waals surface area (Å²) in [6.45, 7) is 5.82. The van der Waals surface area contributed by atoms with Gasteiger partial charge in [-0.05, 0) is 54.7 Å². The average Bonchev–Trinajstić information content (AvgIpc) is 2.66. The van der Waals surface area contributed by atoms with Crippen LogP contribution in [0.5, 0.6) is 0 Å². The third-order valence-corrected chi connectivity index (χ3v) is 4.63. The zero-order valence-corrected chi connectivity index (χ0v) is 12.7. The molecule has 0 bridgehead atoms. The molecule has 0 spiro atoms. The Balaban J connectivity index is 2.06. The summed E-state index contributed by atoms with van der Waals surface area (Å²) in [6.07, 6.45) is 9.29. The van der Waals surface area contributed by atoms with Crippen LogP contribution in [0.2, 0.25) is 0 Å². The highest BCUT2D eigenvalue weighted by Gasteiger charge is 2.32. The topological polar surface area (TPSA) is 30.9 Å². The molecule has 18 heavy (non-hydrogen) atoms. The second-order valence-electron chi connectivity index (χ2n) is 6.26. The lowest BCUT2D eigenvalue weighted by Crippen LogP contribution is -2.30. The van der Waals surface area contributed by atoms with E-state index in [0.29, 0.717) is 5.41 Å². The van der Waals surface area contributed by atoms with Crippen LogP contribution < -0.4 is 5.73 Å². The van der Waals surface area contributed by atoms with E-state index in [9.17, 15) is 0 Å². The molecular formula is C15H26N2S. The predicted octanol–water partition coefficient (Wildman–Crippen LogP) is 3.60. The molecule has 1 atom stereocenters. The summed E-state index contributed by atoms with van der Waals surface area (Å²) in [5.41, 5.74) is 9.52. The third-order valence-electron chi connectivity index (χ3n) is 3.93. The lowest BCUT2D eigenvalue weighted by molar-refractivity contribution is 0.275. The van der Waals surface area contributed by atoms with Crippen molar-refractivity contribution >= 4 is 11.8 Å². The van der Waals surface area contributed by atoms with Crippen LogP contribution in [0, 0.1) is 5.41 Å². The maximum absolute atomic E-state index is 6.29. The van der Waals surface area contributed by atoms with Crippen LogP contribution in [0.3, 0.4) is 0 Å². The molecule has 1 aliphatic rings. The van der Waals surface area contributed by atoms with Crippen LogP contribution in [0.1, 0.15) is 50.4 Å². The number of hydrogen-bond acceptors (Lipinski definition) is 2. The first-order chi connectivity index (χ1) is 8.53. The summed E-state index contributed by atoms with van der Waals surface area (Å²) in [5, 5.41) is 0. The summed E-state index contributed by atoms with van der Waals surface area (Å²) in [5.74, 6) is 1.27.